The van der Waals surface area contributed by atoms with Gasteiger partial charge in [0.05, 0.1) is 6.54 Å². The van der Waals surface area contributed by atoms with Gasteiger partial charge in [0, 0.05) is 24.5 Å². The third-order valence-electron chi connectivity index (χ3n) is 2.21. The predicted octanol–water partition coefficient (Wildman–Crippen LogP) is 1.44. The summed E-state index contributed by atoms with van der Waals surface area (Å²) in [6.07, 6.45) is 3.09. The van der Waals surface area contributed by atoms with Crippen molar-refractivity contribution in [2.45, 2.75) is 20.0 Å². The third kappa shape index (κ3) is 2.33. The van der Waals surface area contributed by atoms with Crippen LogP contribution in [0.4, 0.5) is 10.1 Å². The van der Waals surface area contributed by atoms with Crippen molar-refractivity contribution in [3.63, 3.8) is 0 Å². The summed E-state index contributed by atoms with van der Waals surface area (Å²) in [7, 11) is 0. The van der Waals surface area contributed by atoms with E-state index in [1.807, 2.05) is 11.5 Å². The first-order valence-electron chi connectivity index (χ1n) is 5.01. The lowest BCUT2D eigenvalue weighted by Gasteiger charge is -2.06. The molecule has 0 unspecified atom stereocenters. The highest BCUT2D eigenvalue weighted by molar-refractivity contribution is 5.41. The number of hydrogen-bond donors (Lipinski definition) is 1. The van der Waals surface area contributed by atoms with Crippen molar-refractivity contribution in [1.29, 1.82) is 0 Å². The number of nitrogens with zero attached hydrogens (tertiary/aromatic N) is 4. The average molecular weight is 221 g/mol. The minimum atomic E-state index is -0.498. The van der Waals surface area contributed by atoms with Crippen LogP contribution in [0.1, 0.15) is 12.7 Å². The highest BCUT2D eigenvalue weighted by Gasteiger charge is 2.02. The smallest absolute Gasteiger partial charge is 0.214 e. The molecule has 0 atom stereocenters. The van der Waals surface area contributed by atoms with E-state index in [-0.39, 0.29) is 0 Å². The first-order valence-corrected chi connectivity index (χ1v) is 5.01. The number of rotatable bonds is 4. The Morgan fingerprint density at radius 3 is 3.12 bits per heavy atom. The van der Waals surface area contributed by atoms with E-state index in [0.717, 1.165) is 12.4 Å². The molecule has 5 nitrogen and oxygen atoms in total. The zero-order chi connectivity index (χ0) is 11.4. The number of anilines is 1. The van der Waals surface area contributed by atoms with E-state index in [0.29, 0.717) is 12.2 Å². The second kappa shape index (κ2) is 4.69. The number of halogens is 1. The van der Waals surface area contributed by atoms with Crippen LogP contribution < -0.4 is 5.32 Å². The molecule has 0 radical (unpaired) electrons. The van der Waals surface area contributed by atoms with Crippen LogP contribution in [-0.2, 0) is 13.1 Å². The normalized spacial score (nSPS) is 10.4. The van der Waals surface area contributed by atoms with Gasteiger partial charge in [-0.3, -0.25) is 0 Å². The Hall–Kier alpha value is -1.98. The zero-order valence-corrected chi connectivity index (χ0v) is 8.89. The van der Waals surface area contributed by atoms with Crippen LogP contribution in [0.2, 0.25) is 0 Å². The summed E-state index contributed by atoms with van der Waals surface area (Å²) in [5, 5.41) is 10.8. The summed E-state index contributed by atoms with van der Waals surface area (Å²) in [6, 6.07) is 3.04. The Kier molecular flexibility index (Phi) is 3.09. The maximum Gasteiger partial charge on any atom is 0.214 e. The second-order valence-electron chi connectivity index (χ2n) is 3.25. The van der Waals surface area contributed by atoms with Crippen molar-refractivity contribution in [2.24, 2.45) is 0 Å². The lowest BCUT2D eigenvalue weighted by molar-refractivity contribution is 0.584. The lowest BCUT2D eigenvalue weighted by atomic mass is 10.4. The fourth-order valence-corrected chi connectivity index (χ4v) is 1.37. The Balaban J connectivity index is 2.02. The molecule has 6 heteroatoms. The number of nitrogens with one attached hydrogen (secondary N) is 1. The standard InChI is InChI=1S/C10H12FN5/c1-2-16-7-14-15-10(16)6-13-8-3-4-12-9(11)5-8/h3-5,7H,2,6H2,1H3,(H,12,13). The number of hydrogen-bond acceptors (Lipinski definition) is 4. The minimum absolute atomic E-state index is 0.498. The molecule has 84 valence electrons. The average Bonchev–Trinajstić information content (AvgIpc) is 2.74. The highest BCUT2D eigenvalue weighted by atomic mass is 19.1. The maximum absolute atomic E-state index is 12.8. The first kappa shape index (κ1) is 10.5. The van der Waals surface area contributed by atoms with E-state index >= 15 is 0 Å². The maximum atomic E-state index is 12.8. The van der Waals surface area contributed by atoms with Crippen LogP contribution in [0.3, 0.4) is 0 Å². The summed E-state index contributed by atoms with van der Waals surface area (Å²) >= 11 is 0. The molecule has 1 N–H and O–H groups in total. The molecule has 0 aliphatic heterocycles. The van der Waals surface area contributed by atoms with Crippen LogP contribution in [0.5, 0.6) is 0 Å². The van der Waals surface area contributed by atoms with Gasteiger partial charge in [-0.25, -0.2) is 4.98 Å². The molecule has 2 aromatic heterocycles. The molecule has 16 heavy (non-hydrogen) atoms. The van der Waals surface area contributed by atoms with Gasteiger partial charge in [0.15, 0.2) is 5.82 Å². The van der Waals surface area contributed by atoms with Crippen LogP contribution in [0.15, 0.2) is 24.7 Å². The van der Waals surface area contributed by atoms with E-state index < -0.39 is 5.95 Å². The Morgan fingerprint density at radius 1 is 1.50 bits per heavy atom. The Bertz CT molecular complexity index is 468. The molecule has 0 spiro atoms. The quantitative estimate of drug-likeness (QED) is 0.794. The Labute approximate surface area is 92.3 Å². The SMILES string of the molecule is CCn1cnnc1CNc1ccnc(F)c1. The first-order chi connectivity index (χ1) is 7.79. The molecule has 0 fully saturated rings. The highest BCUT2D eigenvalue weighted by Crippen LogP contribution is 2.08. The number of aryl methyl sites for hydroxylation is 1. The summed E-state index contributed by atoms with van der Waals surface area (Å²) in [5.74, 6) is 0.321. The molecule has 0 bridgehead atoms. The molecule has 2 heterocycles. The van der Waals surface area contributed by atoms with Crippen LogP contribution in [0.25, 0.3) is 0 Å². The van der Waals surface area contributed by atoms with Crippen LogP contribution in [-0.4, -0.2) is 19.7 Å². The molecular weight excluding hydrogens is 209 g/mol. The van der Waals surface area contributed by atoms with Gasteiger partial charge >= 0.3 is 0 Å². The van der Waals surface area contributed by atoms with Gasteiger partial charge in [0.1, 0.15) is 6.33 Å². The van der Waals surface area contributed by atoms with Crippen LogP contribution in [0, 0.1) is 5.95 Å². The minimum Gasteiger partial charge on any atom is -0.378 e. The van der Waals surface area contributed by atoms with Crippen LogP contribution >= 0.6 is 0 Å². The molecule has 0 saturated heterocycles. The van der Waals surface area contributed by atoms with Crippen molar-refractivity contribution in [3.05, 3.63) is 36.4 Å². The number of pyridine rings is 1. The van der Waals surface area contributed by atoms with E-state index in [2.05, 4.69) is 20.5 Å². The summed E-state index contributed by atoms with van der Waals surface area (Å²) in [6.45, 7) is 3.34. The second-order valence-corrected chi connectivity index (χ2v) is 3.25. The van der Waals surface area contributed by atoms with E-state index in [1.54, 1.807) is 12.4 Å². The van der Waals surface area contributed by atoms with Crippen molar-refractivity contribution < 1.29 is 4.39 Å². The lowest BCUT2D eigenvalue weighted by Crippen LogP contribution is -2.07. The molecule has 2 aromatic rings. The van der Waals surface area contributed by atoms with E-state index in [9.17, 15) is 4.39 Å². The van der Waals surface area contributed by atoms with Crippen molar-refractivity contribution in [3.8, 4) is 0 Å². The third-order valence-corrected chi connectivity index (χ3v) is 2.21. The molecule has 0 aliphatic carbocycles. The largest absolute Gasteiger partial charge is 0.378 e. The van der Waals surface area contributed by atoms with Gasteiger partial charge in [0.2, 0.25) is 5.95 Å². The van der Waals surface area contributed by atoms with Gasteiger partial charge < -0.3 is 9.88 Å². The summed E-state index contributed by atoms with van der Waals surface area (Å²) in [4.78, 5) is 3.48. The van der Waals surface area contributed by atoms with E-state index in [4.69, 9.17) is 0 Å². The fourth-order valence-electron chi connectivity index (χ4n) is 1.37. The molecule has 0 aliphatic rings. The van der Waals surface area contributed by atoms with E-state index in [1.165, 1.54) is 12.3 Å². The van der Waals surface area contributed by atoms with Gasteiger partial charge in [-0.2, -0.15) is 4.39 Å². The Morgan fingerprint density at radius 2 is 2.38 bits per heavy atom. The topological polar surface area (TPSA) is 55.6 Å². The predicted molar refractivity (Wildman–Crippen MR) is 57.2 cm³/mol. The summed E-state index contributed by atoms with van der Waals surface area (Å²) in [5.41, 5.74) is 0.679. The molecule has 0 saturated carbocycles. The van der Waals surface area contributed by atoms with Crippen molar-refractivity contribution in [2.75, 3.05) is 5.32 Å². The van der Waals surface area contributed by atoms with Gasteiger partial charge in [0.25, 0.3) is 0 Å². The van der Waals surface area contributed by atoms with Gasteiger partial charge in [-0.1, -0.05) is 0 Å². The zero-order valence-electron chi connectivity index (χ0n) is 8.89. The van der Waals surface area contributed by atoms with Gasteiger partial charge in [-0.15, -0.1) is 10.2 Å². The molecule has 2 rings (SSSR count). The number of aromatic nitrogens is 4. The summed E-state index contributed by atoms with van der Waals surface area (Å²) < 4.78 is 14.7. The monoisotopic (exact) mass is 221 g/mol. The fraction of sp³-hybridized carbons (Fsp3) is 0.300. The molecule has 0 aromatic carbocycles. The molecular formula is C10H12FN5. The molecule has 0 amide bonds. The van der Waals surface area contributed by atoms with Crippen molar-refractivity contribution >= 4 is 5.69 Å². The van der Waals surface area contributed by atoms with Crippen molar-refractivity contribution in [1.82, 2.24) is 19.7 Å². The van der Waals surface area contributed by atoms with Gasteiger partial charge in [-0.05, 0) is 13.0 Å².